The number of halogens is 1. The van der Waals surface area contributed by atoms with Gasteiger partial charge in [-0.25, -0.2) is 14.4 Å². The van der Waals surface area contributed by atoms with E-state index in [9.17, 15) is 9.65 Å². The molecule has 1 aliphatic carbocycles. The van der Waals surface area contributed by atoms with E-state index in [1.807, 2.05) is 48.7 Å². The maximum absolute atomic E-state index is 13.8. The summed E-state index contributed by atoms with van der Waals surface area (Å²) >= 11 is 0. The number of methoxy groups -OCH3 is 1. The Labute approximate surface area is 207 Å². The lowest BCUT2D eigenvalue weighted by molar-refractivity contribution is 0.400. The number of benzene rings is 3. The standard InChI is InChI=1S/C28H23FN6O/c1-17(2)32-23-15-27-25(14-22(23)33-21-5-4-12-31-28(21)36-3)34-24-13-18(16-30)6-11-26(24)35(27)20-9-7-19(29)8-10-20/h4-15,17,33H,1-3H3/b32-23+. The molecule has 0 unspecified atom stereocenters. The first-order chi connectivity index (χ1) is 17.5. The molecule has 0 atom stereocenters. The molecule has 2 aromatic carbocycles. The van der Waals surface area contributed by atoms with Crippen molar-refractivity contribution in [1.29, 1.82) is 5.26 Å². The Hall–Kier alpha value is -4.77. The van der Waals surface area contributed by atoms with Crippen LogP contribution in [0, 0.1) is 17.1 Å². The van der Waals surface area contributed by atoms with Gasteiger partial charge in [0.2, 0.25) is 5.88 Å². The van der Waals surface area contributed by atoms with Crippen LogP contribution in [0.5, 0.6) is 5.88 Å². The number of fused-ring (bicyclic) bond motifs is 2. The lowest BCUT2D eigenvalue weighted by Crippen LogP contribution is -2.17. The monoisotopic (exact) mass is 478 g/mol. The molecule has 0 radical (unpaired) electrons. The molecule has 1 N–H and O–H groups in total. The molecule has 3 aromatic rings. The van der Waals surface area contributed by atoms with Crippen molar-refractivity contribution in [2.45, 2.75) is 19.9 Å². The minimum Gasteiger partial charge on any atom is -0.480 e. The summed E-state index contributed by atoms with van der Waals surface area (Å²) in [4.78, 5) is 14.0. The summed E-state index contributed by atoms with van der Waals surface area (Å²) in [6.07, 6.45) is 1.66. The number of nitrogens with one attached hydrogen (secondary N) is 1. The number of rotatable bonds is 5. The van der Waals surface area contributed by atoms with E-state index < -0.39 is 0 Å². The molecule has 0 saturated carbocycles. The molecular formula is C28H23FN6O. The van der Waals surface area contributed by atoms with Crippen LogP contribution in [0.1, 0.15) is 19.4 Å². The van der Waals surface area contributed by atoms with Crippen molar-refractivity contribution in [3.63, 3.8) is 0 Å². The average Bonchev–Trinajstić information content (AvgIpc) is 2.88. The Morgan fingerprint density at radius 3 is 2.58 bits per heavy atom. The summed E-state index contributed by atoms with van der Waals surface area (Å²) in [7, 11) is 1.57. The van der Waals surface area contributed by atoms with Gasteiger partial charge in [0.05, 0.1) is 52.2 Å². The van der Waals surface area contributed by atoms with Crippen LogP contribution < -0.4 is 15.4 Å². The molecule has 0 spiro atoms. The molecule has 5 rings (SSSR count). The first-order valence-electron chi connectivity index (χ1n) is 11.4. The molecule has 2 heterocycles. The Balaban J connectivity index is 1.84. The molecule has 178 valence electrons. The van der Waals surface area contributed by atoms with Crippen LogP contribution in [0.25, 0.3) is 28.1 Å². The van der Waals surface area contributed by atoms with Crippen molar-refractivity contribution in [3.8, 4) is 29.0 Å². The smallest absolute Gasteiger partial charge is 0.237 e. The lowest BCUT2D eigenvalue weighted by Gasteiger charge is -2.21. The van der Waals surface area contributed by atoms with E-state index in [1.54, 1.807) is 37.6 Å². The predicted molar refractivity (Wildman–Crippen MR) is 137 cm³/mol. The molecule has 7 nitrogen and oxygen atoms in total. The normalized spacial score (nSPS) is 11.7. The molecule has 0 fully saturated rings. The zero-order valence-corrected chi connectivity index (χ0v) is 20.0. The summed E-state index contributed by atoms with van der Waals surface area (Å²) in [6, 6.07) is 21.4. The zero-order chi connectivity index (χ0) is 25.2. The summed E-state index contributed by atoms with van der Waals surface area (Å²) in [5.74, 6) is 0.140. The van der Waals surface area contributed by atoms with Gasteiger partial charge in [0.15, 0.2) is 0 Å². The van der Waals surface area contributed by atoms with Crippen molar-refractivity contribution in [3.05, 3.63) is 89.7 Å². The predicted octanol–water partition coefficient (Wildman–Crippen LogP) is 5.60. The van der Waals surface area contributed by atoms with E-state index in [0.717, 1.165) is 27.9 Å². The fraction of sp³-hybridized carbons (Fsp3) is 0.143. The van der Waals surface area contributed by atoms with Gasteiger partial charge in [-0.15, -0.1) is 0 Å². The van der Waals surface area contributed by atoms with Gasteiger partial charge in [0.1, 0.15) is 11.5 Å². The summed E-state index contributed by atoms with van der Waals surface area (Å²) in [5.41, 5.74) is 5.60. The number of nitriles is 1. The van der Waals surface area contributed by atoms with Gasteiger partial charge >= 0.3 is 0 Å². The quantitative estimate of drug-likeness (QED) is 0.332. The van der Waals surface area contributed by atoms with Crippen molar-refractivity contribution in [2.24, 2.45) is 4.99 Å². The third-order valence-electron chi connectivity index (χ3n) is 5.64. The van der Waals surface area contributed by atoms with Crippen LogP contribution in [-0.4, -0.2) is 27.7 Å². The van der Waals surface area contributed by atoms with Crippen LogP contribution in [0.3, 0.4) is 0 Å². The second-order valence-corrected chi connectivity index (χ2v) is 8.51. The van der Waals surface area contributed by atoms with E-state index in [4.69, 9.17) is 14.7 Å². The highest BCUT2D eigenvalue weighted by atomic mass is 19.1. The van der Waals surface area contributed by atoms with Gasteiger partial charge < -0.3 is 14.6 Å². The molecule has 0 saturated heterocycles. The molecule has 0 amide bonds. The van der Waals surface area contributed by atoms with Gasteiger partial charge in [0, 0.05) is 17.9 Å². The Morgan fingerprint density at radius 1 is 1.06 bits per heavy atom. The second-order valence-electron chi connectivity index (χ2n) is 8.51. The highest BCUT2D eigenvalue weighted by Crippen LogP contribution is 2.32. The minimum atomic E-state index is -0.318. The van der Waals surface area contributed by atoms with Crippen LogP contribution in [0.2, 0.25) is 0 Å². The molecule has 1 aromatic heterocycles. The average molecular weight is 479 g/mol. The van der Waals surface area contributed by atoms with Crippen molar-refractivity contribution in [1.82, 2.24) is 14.5 Å². The van der Waals surface area contributed by atoms with Gasteiger partial charge in [0.25, 0.3) is 0 Å². The van der Waals surface area contributed by atoms with Crippen LogP contribution in [0.15, 0.2) is 77.9 Å². The number of ether oxygens (including phenoxy) is 1. The molecule has 0 bridgehead atoms. The summed E-state index contributed by atoms with van der Waals surface area (Å²) in [6.45, 7) is 4.02. The van der Waals surface area contributed by atoms with Crippen LogP contribution in [-0.2, 0) is 0 Å². The Morgan fingerprint density at radius 2 is 1.86 bits per heavy atom. The van der Waals surface area contributed by atoms with E-state index in [-0.39, 0.29) is 11.9 Å². The number of anilines is 2. The fourth-order valence-electron chi connectivity index (χ4n) is 4.11. The fourth-order valence-corrected chi connectivity index (χ4v) is 4.11. The molecule has 8 heteroatoms. The number of hydrogen-bond donors (Lipinski definition) is 1. The van der Waals surface area contributed by atoms with Crippen molar-refractivity contribution >= 4 is 22.4 Å². The van der Waals surface area contributed by atoms with E-state index >= 15 is 0 Å². The first-order valence-corrected chi connectivity index (χ1v) is 11.4. The number of hydrogen-bond acceptors (Lipinski definition) is 6. The summed E-state index contributed by atoms with van der Waals surface area (Å²) < 4.78 is 21.2. The van der Waals surface area contributed by atoms with Crippen LogP contribution in [0.4, 0.5) is 15.8 Å². The molecule has 36 heavy (non-hydrogen) atoms. The second kappa shape index (κ2) is 9.47. The van der Waals surface area contributed by atoms with Crippen molar-refractivity contribution < 1.29 is 9.13 Å². The third kappa shape index (κ3) is 4.34. The van der Waals surface area contributed by atoms with Crippen molar-refractivity contribution in [2.75, 3.05) is 12.4 Å². The van der Waals surface area contributed by atoms with Gasteiger partial charge in [-0.05, 0) is 80.6 Å². The third-order valence-corrected chi connectivity index (χ3v) is 5.64. The number of aromatic nitrogens is 3. The Bertz CT molecular complexity index is 1650. The van der Waals surface area contributed by atoms with E-state index in [0.29, 0.717) is 28.3 Å². The molecule has 1 aliphatic heterocycles. The van der Waals surface area contributed by atoms with Crippen LogP contribution >= 0.6 is 0 Å². The molecule has 2 aliphatic rings. The van der Waals surface area contributed by atoms with Gasteiger partial charge in [-0.2, -0.15) is 5.26 Å². The number of nitrogens with zero attached hydrogens (tertiary/aromatic N) is 5. The molecular weight excluding hydrogens is 455 g/mol. The highest BCUT2D eigenvalue weighted by Gasteiger charge is 2.18. The van der Waals surface area contributed by atoms with Gasteiger partial charge in [-0.3, -0.25) is 4.99 Å². The minimum absolute atomic E-state index is 0.0321. The van der Waals surface area contributed by atoms with E-state index in [1.165, 1.54) is 12.1 Å². The number of pyridine rings is 1. The Kier molecular flexibility index (Phi) is 6.05. The summed E-state index contributed by atoms with van der Waals surface area (Å²) in [5, 5.41) is 13.6. The topological polar surface area (TPSA) is 88.1 Å². The highest BCUT2D eigenvalue weighted by molar-refractivity contribution is 5.85. The largest absolute Gasteiger partial charge is 0.480 e. The maximum atomic E-state index is 13.8. The maximum Gasteiger partial charge on any atom is 0.237 e. The zero-order valence-electron chi connectivity index (χ0n) is 20.0. The van der Waals surface area contributed by atoms with Gasteiger partial charge in [-0.1, -0.05) is 0 Å². The van der Waals surface area contributed by atoms with E-state index in [2.05, 4.69) is 16.4 Å². The lowest BCUT2D eigenvalue weighted by atomic mass is 10.1. The first kappa shape index (κ1) is 23.0. The SMILES string of the molecule is COc1ncccc1Nc1cc2nc3cc(C#N)ccc3n(-c3ccc(F)cc3)c-2c/c1=N\C(C)C.